The molecule has 0 aromatic carbocycles. The van der Waals surface area contributed by atoms with E-state index < -0.39 is 0 Å². The summed E-state index contributed by atoms with van der Waals surface area (Å²) in [6.07, 6.45) is 3.02. The standard InChI is InChI=1S/C5H5N3O/c1-4-5(7-2-6-1)8-3-9-4/h2-3H,1H2,(H,6,7). The maximum absolute atomic E-state index is 4.97. The number of nitrogens with one attached hydrogen (secondary N) is 1. The van der Waals surface area contributed by atoms with Gasteiger partial charge in [0.1, 0.15) is 6.54 Å². The van der Waals surface area contributed by atoms with Crippen molar-refractivity contribution in [3.05, 3.63) is 12.2 Å². The predicted octanol–water partition coefficient (Wildman–Crippen LogP) is 0.628. The molecule has 0 aliphatic carbocycles. The Hall–Kier alpha value is -1.32. The van der Waals surface area contributed by atoms with Crippen molar-refractivity contribution in [3.8, 4) is 0 Å². The summed E-state index contributed by atoms with van der Waals surface area (Å²) >= 11 is 0. The molecule has 2 rings (SSSR count). The molecule has 9 heavy (non-hydrogen) atoms. The van der Waals surface area contributed by atoms with E-state index in [0.29, 0.717) is 6.54 Å². The molecule has 4 heteroatoms. The molecule has 0 spiro atoms. The van der Waals surface area contributed by atoms with Crippen molar-refractivity contribution in [2.45, 2.75) is 6.54 Å². The van der Waals surface area contributed by atoms with Crippen LogP contribution >= 0.6 is 0 Å². The summed E-state index contributed by atoms with van der Waals surface area (Å²) in [6, 6.07) is 0. The highest BCUT2D eigenvalue weighted by molar-refractivity contribution is 5.76. The average Bonchev–Trinajstić information content (AvgIpc) is 2.33. The summed E-state index contributed by atoms with van der Waals surface area (Å²) in [5.74, 6) is 1.59. The van der Waals surface area contributed by atoms with Gasteiger partial charge in [-0.2, -0.15) is 4.98 Å². The Kier molecular flexibility index (Phi) is 0.798. The fraction of sp³-hybridized carbons (Fsp3) is 0.200. The second kappa shape index (κ2) is 1.58. The van der Waals surface area contributed by atoms with Crippen LogP contribution in [0.15, 0.2) is 15.8 Å². The van der Waals surface area contributed by atoms with Crippen LogP contribution in [-0.2, 0) is 6.54 Å². The topological polar surface area (TPSA) is 50.4 Å². The van der Waals surface area contributed by atoms with Gasteiger partial charge in [0.15, 0.2) is 18.0 Å². The number of anilines is 1. The first kappa shape index (κ1) is 4.55. The van der Waals surface area contributed by atoms with Crippen LogP contribution in [0.5, 0.6) is 0 Å². The predicted molar refractivity (Wildman–Crippen MR) is 32.3 cm³/mol. The van der Waals surface area contributed by atoms with Gasteiger partial charge in [0.25, 0.3) is 0 Å². The molecule has 0 radical (unpaired) electrons. The molecule has 0 unspecified atom stereocenters. The van der Waals surface area contributed by atoms with Crippen LogP contribution in [0, 0.1) is 0 Å². The lowest BCUT2D eigenvalue weighted by atomic mass is 10.4. The monoisotopic (exact) mass is 123 g/mol. The van der Waals surface area contributed by atoms with Crippen molar-refractivity contribution in [2.75, 3.05) is 5.32 Å². The molecule has 4 nitrogen and oxygen atoms in total. The molecule has 0 atom stereocenters. The summed E-state index contributed by atoms with van der Waals surface area (Å²) in [4.78, 5) is 7.81. The first-order valence-electron chi connectivity index (χ1n) is 2.64. The molecular weight excluding hydrogens is 118 g/mol. The van der Waals surface area contributed by atoms with E-state index in [2.05, 4.69) is 15.3 Å². The lowest BCUT2D eigenvalue weighted by Gasteiger charge is -2.00. The van der Waals surface area contributed by atoms with Gasteiger partial charge in [-0.05, 0) is 0 Å². The molecule has 2 heterocycles. The highest BCUT2D eigenvalue weighted by Gasteiger charge is 2.07. The Balaban J connectivity index is 2.46. The van der Waals surface area contributed by atoms with Gasteiger partial charge in [-0.25, -0.2) is 0 Å². The van der Waals surface area contributed by atoms with Gasteiger partial charge in [-0.3, -0.25) is 4.99 Å². The van der Waals surface area contributed by atoms with Crippen molar-refractivity contribution < 1.29 is 4.42 Å². The van der Waals surface area contributed by atoms with Crippen molar-refractivity contribution in [2.24, 2.45) is 4.99 Å². The molecule has 0 fully saturated rings. The minimum atomic E-state index is 0.600. The Bertz CT molecular complexity index is 218. The van der Waals surface area contributed by atoms with Gasteiger partial charge in [-0.1, -0.05) is 0 Å². The van der Waals surface area contributed by atoms with E-state index in [1.54, 1.807) is 6.34 Å². The first-order chi connectivity index (χ1) is 4.47. The highest BCUT2D eigenvalue weighted by Crippen LogP contribution is 2.15. The molecule has 46 valence electrons. The number of aliphatic imine (C=N–C) groups is 1. The van der Waals surface area contributed by atoms with Crippen LogP contribution in [0.25, 0.3) is 0 Å². The summed E-state index contributed by atoms with van der Waals surface area (Å²) in [7, 11) is 0. The fourth-order valence-electron chi connectivity index (χ4n) is 0.736. The Labute approximate surface area is 51.6 Å². The number of hydrogen-bond donors (Lipinski definition) is 1. The molecule has 1 aromatic rings. The van der Waals surface area contributed by atoms with E-state index >= 15 is 0 Å². The summed E-state index contributed by atoms with van der Waals surface area (Å²) in [5, 5.41) is 2.85. The van der Waals surface area contributed by atoms with Crippen molar-refractivity contribution in [3.63, 3.8) is 0 Å². The Morgan fingerprint density at radius 3 is 3.56 bits per heavy atom. The van der Waals surface area contributed by atoms with Gasteiger partial charge >= 0.3 is 0 Å². The van der Waals surface area contributed by atoms with Crippen LogP contribution < -0.4 is 5.32 Å². The zero-order valence-electron chi connectivity index (χ0n) is 4.66. The van der Waals surface area contributed by atoms with E-state index in [0.717, 1.165) is 11.6 Å². The third-order valence-electron chi connectivity index (χ3n) is 1.17. The van der Waals surface area contributed by atoms with E-state index in [1.807, 2.05) is 0 Å². The molecular formula is C5H5N3O. The SMILES string of the molecule is C1=NCc2ocnc2N1. The van der Waals surface area contributed by atoms with Crippen molar-refractivity contribution >= 4 is 12.2 Å². The second-order valence-electron chi connectivity index (χ2n) is 1.74. The minimum Gasteiger partial charge on any atom is -0.444 e. The lowest BCUT2D eigenvalue weighted by Crippen LogP contribution is -2.02. The van der Waals surface area contributed by atoms with E-state index in [4.69, 9.17) is 4.42 Å². The number of aromatic nitrogens is 1. The van der Waals surface area contributed by atoms with Crippen molar-refractivity contribution in [1.82, 2.24) is 4.98 Å². The molecule has 0 bridgehead atoms. The normalized spacial score (nSPS) is 14.7. The van der Waals surface area contributed by atoms with E-state index in [-0.39, 0.29) is 0 Å². The van der Waals surface area contributed by atoms with Crippen LogP contribution in [-0.4, -0.2) is 11.3 Å². The van der Waals surface area contributed by atoms with Gasteiger partial charge in [0.2, 0.25) is 0 Å². The number of nitrogens with zero attached hydrogens (tertiary/aromatic N) is 2. The maximum Gasteiger partial charge on any atom is 0.183 e. The van der Waals surface area contributed by atoms with Gasteiger partial charge in [0, 0.05) is 0 Å². The largest absolute Gasteiger partial charge is 0.444 e. The highest BCUT2D eigenvalue weighted by atomic mass is 16.3. The molecule has 1 N–H and O–H groups in total. The first-order valence-corrected chi connectivity index (χ1v) is 2.64. The fourth-order valence-corrected chi connectivity index (χ4v) is 0.736. The zero-order valence-corrected chi connectivity index (χ0v) is 4.66. The Morgan fingerprint density at radius 2 is 2.67 bits per heavy atom. The molecule has 0 amide bonds. The smallest absolute Gasteiger partial charge is 0.183 e. The quantitative estimate of drug-likeness (QED) is 0.550. The number of hydrogen-bond acceptors (Lipinski definition) is 4. The van der Waals surface area contributed by atoms with Gasteiger partial charge < -0.3 is 9.73 Å². The van der Waals surface area contributed by atoms with Gasteiger partial charge in [0.05, 0.1) is 6.34 Å². The third-order valence-corrected chi connectivity index (χ3v) is 1.17. The third kappa shape index (κ3) is 0.595. The summed E-state index contributed by atoms with van der Waals surface area (Å²) < 4.78 is 4.97. The van der Waals surface area contributed by atoms with E-state index in [9.17, 15) is 0 Å². The van der Waals surface area contributed by atoms with Crippen LogP contribution in [0.1, 0.15) is 5.76 Å². The summed E-state index contributed by atoms with van der Waals surface area (Å²) in [5.41, 5.74) is 0. The Morgan fingerprint density at radius 1 is 1.67 bits per heavy atom. The molecule has 0 saturated carbocycles. The summed E-state index contributed by atoms with van der Waals surface area (Å²) in [6.45, 7) is 0.600. The molecule has 1 aliphatic heterocycles. The van der Waals surface area contributed by atoms with Crippen molar-refractivity contribution in [1.29, 1.82) is 0 Å². The lowest BCUT2D eigenvalue weighted by molar-refractivity contribution is 0.507. The van der Waals surface area contributed by atoms with Crippen LogP contribution in [0.4, 0.5) is 5.82 Å². The van der Waals surface area contributed by atoms with Crippen LogP contribution in [0.3, 0.4) is 0 Å². The molecule has 1 aromatic heterocycles. The molecule has 0 saturated heterocycles. The van der Waals surface area contributed by atoms with E-state index in [1.165, 1.54) is 6.39 Å². The average molecular weight is 123 g/mol. The van der Waals surface area contributed by atoms with Gasteiger partial charge in [-0.15, -0.1) is 0 Å². The minimum absolute atomic E-state index is 0.600. The number of oxazole rings is 1. The van der Waals surface area contributed by atoms with Crippen LogP contribution in [0.2, 0.25) is 0 Å². The molecule has 1 aliphatic rings. The number of fused-ring (bicyclic) bond motifs is 1. The number of rotatable bonds is 0. The zero-order chi connectivity index (χ0) is 6.10. The second-order valence-corrected chi connectivity index (χ2v) is 1.74. The maximum atomic E-state index is 4.97.